The Balaban J connectivity index is 1.99. The lowest BCUT2D eigenvalue weighted by Gasteiger charge is -2.19. The number of imidazole rings is 1. The molecule has 98 valence electrons. The average Bonchev–Trinajstić information content (AvgIpc) is 2.82. The first-order valence-corrected chi connectivity index (χ1v) is 6.01. The Labute approximate surface area is 106 Å². The molecule has 0 aliphatic carbocycles. The van der Waals surface area contributed by atoms with Gasteiger partial charge in [-0.1, -0.05) is 5.16 Å². The largest absolute Gasteiger partial charge is 0.340 e. The number of hydrogen-bond donors (Lipinski definition) is 1. The van der Waals surface area contributed by atoms with Crippen LogP contribution in [0.4, 0.5) is 0 Å². The van der Waals surface area contributed by atoms with Gasteiger partial charge in [0.15, 0.2) is 5.82 Å². The lowest BCUT2D eigenvalue weighted by molar-refractivity contribution is 0.386. The molecule has 6 nitrogen and oxygen atoms in total. The molecule has 2 aromatic heterocycles. The lowest BCUT2D eigenvalue weighted by Crippen LogP contribution is -2.35. The molecule has 0 amide bonds. The molecule has 0 spiro atoms. The average molecular weight is 249 g/mol. The summed E-state index contributed by atoms with van der Waals surface area (Å²) in [6.45, 7) is 6.58. The maximum Gasteiger partial charge on any atom is 0.223 e. The fourth-order valence-corrected chi connectivity index (χ4v) is 1.83. The van der Waals surface area contributed by atoms with E-state index >= 15 is 0 Å². The van der Waals surface area contributed by atoms with Gasteiger partial charge >= 0.3 is 0 Å². The van der Waals surface area contributed by atoms with Crippen LogP contribution in [0.3, 0.4) is 0 Å². The van der Waals surface area contributed by atoms with E-state index in [2.05, 4.69) is 19.7 Å². The van der Waals surface area contributed by atoms with Crippen LogP contribution in [0, 0.1) is 6.92 Å². The third-order valence-corrected chi connectivity index (χ3v) is 2.58. The van der Waals surface area contributed by atoms with E-state index in [0.717, 1.165) is 30.9 Å². The maximum absolute atomic E-state index is 6.03. The van der Waals surface area contributed by atoms with Crippen molar-refractivity contribution < 1.29 is 4.52 Å². The van der Waals surface area contributed by atoms with Crippen molar-refractivity contribution in [2.75, 3.05) is 0 Å². The van der Waals surface area contributed by atoms with E-state index < -0.39 is 0 Å². The number of rotatable bonds is 5. The minimum absolute atomic E-state index is 0.236. The molecule has 2 N–H and O–H groups in total. The van der Waals surface area contributed by atoms with Gasteiger partial charge in [-0.15, -0.1) is 0 Å². The van der Waals surface area contributed by atoms with Crippen LogP contribution < -0.4 is 5.73 Å². The second kappa shape index (κ2) is 4.89. The first-order chi connectivity index (χ1) is 8.44. The van der Waals surface area contributed by atoms with Crippen molar-refractivity contribution in [3.05, 3.63) is 29.9 Å². The van der Waals surface area contributed by atoms with Gasteiger partial charge < -0.3 is 14.8 Å². The van der Waals surface area contributed by atoms with Gasteiger partial charge in [0.2, 0.25) is 5.89 Å². The maximum atomic E-state index is 6.03. The summed E-state index contributed by atoms with van der Waals surface area (Å²) in [6.07, 6.45) is 5.19. The zero-order valence-electron chi connectivity index (χ0n) is 11.1. The van der Waals surface area contributed by atoms with Crippen molar-refractivity contribution in [1.29, 1.82) is 0 Å². The summed E-state index contributed by atoms with van der Waals surface area (Å²) in [5.41, 5.74) is 6.92. The van der Waals surface area contributed by atoms with E-state index in [0.29, 0.717) is 5.89 Å². The van der Waals surface area contributed by atoms with E-state index in [9.17, 15) is 0 Å². The summed E-state index contributed by atoms with van der Waals surface area (Å²) < 4.78 is 7.02. The van der Waals surface area contributed by atoms with E-state index in [1.165, 1.54) is 0 Å². The molecule has 0 radical (unpaired) electrons. The molecular formula is C12H19N5O. The van der Waals surface area contributed by atoms with E-state index in [-0.39, 0.29) is 5.54 Å². The Hall–Kier alpha value is -1.69. The molecule has 0 atom stereocenters. The summed E-state index contributed by atoms with van der Waals surface area (Å²) in [5.74, 6) is 1.32. The number of hydrogen-bond acceptors (Lipinski definition) is 5. The molecule has 0 bridgehead atoms. The minimum Gasteiger partial charge on any atom is -0.340 e. The fraction of sp³-hybridized carbons (Fsp3) is 0.583. The zero-order chi connectivity index (χ0) is 13.2. The Morgan fingerprint density at radius 1 is 1.44 bits per heavy atom. The quantitative estimate of drug-likeness (QED) is 0.857. The Kier molecular flexibility index (Phi) is 3.47. The van der Waals surface area contributed by atoms with Crippen LogP contribution in [0.2, 0.25) is 0 Å². The van der Waals surface area contributed by atoms with Crippen LogP contribution in [0.15, 0.2) is 17.0 Å². The normalized spacial score (nSPS) is 12.0. The van der Waals surface area contributed by atoms with Gasteiger partial charge in [-0.3, -0.25) is 0 Å². The molecule has 0 saturated heterocycles. The molecule has 0 aromatic carbocycles. The monoisotopic (exact) mass is 249 g/mol. The molecule has 0 aliphatic rings. The van der Waals surface area contributed by atoms with Crippen molar-refractivity contribution in [2.45, 2.75) is 45.7 Å². The minimum atomic E-state index is -0.236. The predicted octanol–water partition coefficient (Wildman–Crippen LogP) is 1.10. The van der Waals surface area contributed by atoms with Crippen LogP contribution in [-0.4, -0.2) is 25.2 Å². The first-order valence-electron chi connectivity index (χ1n) is 6.01. The summed E-state index contributed by atoms with van der Waals surface area (Å²) in [4.78, 5) is 8.35. The van der Waals surface area contributed by atoms with Crippen LogP contribution in [-0.2, 0) is 19.4 Å². The van der Waals surface area contributed by atoms with Gasteiger partial charge in [0.25, 0.3) is 0 Å². The highest BCUT2D eigenvalue weighted by Gasteiger charge is 2.15. The van der Waals surface area contributed by atoms with E-state index in [1.54, 1.807) is 6.92 Å². The summed E-state index contributed by atoms with van der Waals surface area (Å²) in [7, 11) is 0. The van der Waals surface area contributed by atoms with Gasteiger partial charge in [-0.2, -0.15) is 4.98 Å². The molecule has 2 rings (SSSR count). The summed E-state index contributed by atoms with van der Waals surface area (Å²) in [5, 5.41) is 3.87. The number of nitrogens with zero attached hydrogens (tertiary/aromatic N) is 4. The van der Waals surface area contributed by atoms with Crippen LogP contribution in [0.5, 0.6) is 0 Å². The molecule has 0 saturated carbocycles. The standard InChI is InChI=1S/C12H19N5O/c1-9-15-11(16-18-9)4-5-17-8-14-7-10(17)6-12(2,3)13/h7-8H,4-6,13H2,1-3H3. The second-order valence-electron chi connectivity index (χ2n) is 5.22. The zero-order valence-corrected chi connectivity index (χ0v) is 11.1. The van der Waals surface area contributed by atoms with Gasteiger partial charge in [0.05, 0.1) is 6.33 Å². The van der Waals surface area contributed by atoms with E-state index in [4.69, 9.17) is 10.3 Å². The SMILES string of the molecule is Cc1nc(CCn2cncc2CC(C)(C)N)no1. The second-order valence-corrected chi connectivity index (χ2v) is 5.22. The van der Waals surface area contributed by atoms with Crippen LogP contribution in [0.1, 0.15) is 31.3 Å². The van der Waals surface area contributed by atoms with Crippen molar-refractivity contribution in [3.63, 3.8) is 0 Å². The van der Waals surface area contributed by atoms with Gasteiger partial charge in [0, 0.05) is 43.7 Å². The van der Waals surface area contributed by atoms with Gasteiger partial charge in [-0.25, -0.2) is 4.98 Å². The van der Waals surface area contributed by atoms with Crippen molar-refractivity contribution in [1.82, 2.24) is 19.7 Å². The Bertz CT molecular complexity index is 509. The van der Waals surface area contributed by atoms with Crippen LogP contribution >= 0.6 is 0 Å². The smallest absolute Gasteiger partial charge is 0.223 e. The van der Waals surface area contributed by atoms with Crippen molar-refractivity contribution in [3.8, 4) is 0 Å². The van der Waals surface area contributed by atoms with Crippen molar-refractivity contribution >= 4 is 0 Å². The number of aryl methyl sites for hydroxylation is 3. The first kappa shape index (κ1) is 12.8. The topological polar surface area (TPSA) is 82.8 Å². The molecule has 6 heteroatoms. The molecule has 2 aromatic rings. The van der Waals surface area contributed by atoms with Gasteiger partial charge in [-0.05, 0) is 13.8 Å². The van der Waals surface area contributed by atoms with Gasteiger partial charge in [0.1, 0.15) is 0 Å². The molecule has 2 heterocycles. The molecule has 18 heavy (non-hydrogen) atoms. The fourth-order valence-electron chi connectivity index (χ4n) is 1.83. The lowest BCUT2D eigenvalue weighted by atomic mass is 10.0. The number of aromatic nitrogens is 4. The highest BCUT2D eigenvalue weighted by atomic mass is 16.5. The molecule has 0 unspecified atom stereocenters. The Morgan fingerprint density at radius 3 is 2.83 bits per heavy atom. The third-order valence-electron chi connectivity index (χ3n) is 2.58. The molecular weight excluding hydrogens is 230 g/mol. The highest BCUT2D eigenvalue weighted by Crippen LogP contribution is 2.10. The third kappa shape index (κ3) is 3.40. The van der Waals surface area contributed by atoms with Crippen LogP contribution in [0.25, 0.3) is 0 Å². The Morgan fingerprint density at radius 2 is 2.22 bits per heavy atom. The molecule has 0 aliphatic heterocycles. The summed E-state index contributed by atoms with van der Waals surface area (Å²) >= 11 is 0. The molecule has 0 fully saturated rings. The number of nitrogens with two attached hydrogens (primary N) is 1. The summed E-state index contributed by atoms with van der Waals surface area (Å²) in [6, 6.07) is 0. The predicted molar refractivity (Wildman–Crippen MR) is 66.9 cm³/mol. The highest BCUT2D eigenvalue weighted by molar-refractivity contribution is 5.04. The van der Waals surface area contributed by atoms with Crippen molar-refractivity contribution in [2.24, 2.45) is 5.73 Å². The van der Waals surface area contributed by atoms with E-state index in [1.807, 2.05) is 26.4 Å².